The molecule has 1 aromatic heterocycles. The largest absolute Gasteiger partial charge is 0.493 e. The van der Waals surface area contributed by atoms with Crippen LogP contribution in [0.4, 0.5) is 0 Å². The van der Waals surface area contributed by atoms with Crippen LogP contribution in [0.3, 0.4) is 0 Å². The second-order valence-corrected chi connectivity index (χ2v) is 7.14. The van der Waals surface area contributed by atoms with E-state index >= 15 is 0 Å². The number of rotatable bonds is 8. The normalized spacial score (nSPS) is 19.5. The van der Waals surface area contributed by atoms with Crippen LogP contribution in [0.2, 0.25) is 0 Å². The lowest BCUT2D eigenvalue weighted by Gasteiger charge is -2.23. The fourth-order valence-electron chi connectivity index (χ4n) is 3.29. The highest BCUT2D eigenvalue weighted by Crippen LogP contribution is 2.29. The van der Waals surface area contributed by atoms with Crippen LogP contribution in [0.25, 0.3) is 0 Å². The van der Waals surface area contributed by atoms with Crippen LogP contribution >= 0.6 is 0 Å². The second kappa shape index (κ2) is 7.91. The molecule has 1 atom stereocenters. The van der Waals surface area contributed by atoms with Crippen molar-refractivity contribution < 1.29 is 14.3 Å². The van der Waals surface area contributed by atoms with Gasteiger partial charge in [0.2, 0.25) is 5.91 Å². The van der Waals surface area contributed by atoms with Gasteiger partial charge in [-0.25, -0.2) is 0 Å². The van der Waals surface area contributed by atoms with Gasteiger partial charge in [0.1, 0.15) is 12.3 Å². The first-order chi connectivity index (χ1) is 12.8. The van der Waals surface area contributed by atoms with Gasteiger partial charge in [-0.3, -0.25) is 9.48 Å². The van der Waals surface area contributed by atoms with Crippen molar-refractivity contribution in [2.75, 3.05) is 19.8 Å². The molecule has 6 nitrogen and oxygen atoms in total. The lowest BCUT2D eigenvalue weighted by molar-refractivity contribution is -0.133. The lowest BCUT2D eigenvalue weighted by Crippen LogP contribution is -2.35. The first-order valence-corrected chi connectivity index (χ1v) is 9.34. The molecule has 0 spiro atoms. The summed E-state index contributed by atoms with van der Waals surface area (Å²) in [6, 6.07) is 10.3. The quantitative estimate of drug-likeness (QED) is 0.730. The zero-order valence-corrected chi connectivity index (χ0v) is 14.9. The summed E-state index contributed by atoms with van der Waals surface area (Å²) < 4.78 is 13.0. The third kappa shape index (κ3) is 4.43. The smallest absolute Gasteiger partial charge is 0.244 e. The summed E-state index contributed by atoms with van der Waals surface area (Å²) in [5, 5.41) is 4.14. The molecule has 1 aromatic carbocycles. The summed E-state index contributed by atoms with van der Waals surface area (Å²) in [5.41, 5.74) is 1.10. The van der Waals surface area contributed by atoms with E-state index in [1.807, 2.05) is 35.4 Å². The van der Waals surface area contributed by atoms with Crippen LogP contribution in [0.5, 0.6) is 5.75 Å². The van der Waals surface area contributed by atoms with Crippen LogP contribution in [0.1, 0.15) is 24.8 Å². The van der Waals surface area contributed by atoms with Crippen molar-refractivity contribution in [3.63, 3.8) is 0 Å². The molecule has 2 fully saturated rings. The summed E-state index contributed by atoms with van der Waals surface area (Å²) in [6.45, 7) is 3.23. The van der Waals surface area contributed by atoms with Crippen molar-refractivity contribution in [1.82, 2.24) is 14.7 Å². The predicted octanol–water partition coefficient (Wildman–Crippen LogP) is 2.49. The molecule has 0 radical (unpaired) electrons. The van der Waals surface area contributed by atoms with Gasteiger partial charge in [0.05, 0.1) is 13.2 Å². The number of aromatic nitrogens is 2. The summed E-state index contributed by atoms with van der Waals surface area (Å²) >= 11 is 0. The minimum absolute atomic E-state index is 0.116. The first-order valence-electron chi connectivity index (χ1n) is 9.34. The molecule has 2 heterocycles. The van der Waals surface area contributed by atoms with Gasteiger partial charge in [-0.05, 0) is 43.0 Å². The van der Waals surface area contributed by atoms with Crippen LogP contribution in [-0.4, -0.2) is 46.5 Å². The average molecular weight is 355 g/mol. The molecule has 1 saturated heterocycles. The second-order valence-electron chi connectivity index (χ2n) is 7.14. The van der Waals surface area contributed by atoms with Gasteiger partial charge in [-0.2, -0.15) is 5.10 Å². The topological polar surface area (TPSA) is 56.6 Å². The van der Waals surface area contributed by atoms with Crippen molar-refractivity contribution in [1.29, 1.82) is 0 Å². The van der Waals surface area contributed by atoms with Crippen LogP contribution in [-0.2, 0) is 22.6 Å². The maximum Gasteiger partial charge on any atom is 0.244 e. The van der Waals surface area contributed by atoms with E-state index in [0.29, 0.717) is 31.7 Å². The van der Waals surface area contributed by atoms with Gasteiger partial charge < -0.3 is 14.4 Å². The maximum absolute atomic E-state index is 12.7. The van der Waals surface area contributed by atoms with E-state index < -0.39 is 0 Å². The molecule has 26 heavy (non-hydrogen) atoms. The van der Waals surface area contributed by atoms with E-state index in [-0.39, 0.29) is 5.91 Å². The fraction of sp³-hybridized carbons (Fsp3) is 0.500. The lowest BCUT2D eigenvalue weighted by atomic mass is 10.1. The molecule has 2 aliphatic rings. The number of ether oxygens (including phenoxy) is 2. The van der Waals surface area contributed by atoms with Crippen molar-refractivity contribution in [3.8, 4) is 5.75 Å². The van der Waals surface area contributed by atoms with Crippen molar-refractivity contribution in [2.45, 2.75) is 38.4 Å². The van der Waals surface area contributed by atoms with Gasteiger partial charge in [0.15, 0.2) is 0 Å². The molecule has 1 amide bonds. The summed E-state index contributed by atoms with van der Waals surface area (Å²) in [6.07, 6.45) is 6.76. The zero-order valence-electron chi connectivity index (χ0n) is 14.9. The Labute approximate surface area is 153 Å². The molecule has 0 unspecified atom stereocenters. The van der Waals surface area contributed by atoms with Gasteiger partial charge >= 0.3 is 0 Å². The Hall–Kier alpha value is -2.34. The van der Waals surface area contributed by atoms with E-state index in [2.05, 4.69) is 11.2 Å². The SMILES string of the molecule is O=C(Cn1cccn1)N(Cc1cccc(OC[C@@H]2CCOC2)c1)C1CC1. The van der Waals surface area contributed by atoms with Crippen LogP contribution in [0.15, 0.2) is 42.7 Å². The van der Waals surface area contributed by atoms with E-state index in [4.69, 9.17) is 9.47 Å². The standard InChI is InChI=1S/C20H25N3O3/c24-20(13-22-9-2-8-21-22)23(18-5-6-18)12-16-3-1-4-19(11-16)26-15-17-7-10-25-14-17/h1-4,8-9,11,17-18H,5-7,10,12-15H2/t17-/m1/s1. The van der Waals surface area contributed by atoms with E-state index in [1.54, 1.807) is 10.9 Å². The molecule has 2 aromatic rings. The summed E-state index contributed by atoms with van der Waals surface area (Å²) in [4.78, 5) is 14.7. The van der Waals surface area contributed by atoms with E-state index in [1.165, 1.54) is 0 Å². The van der Waals surface area contributed by atoms with Crippen molar-refractivity contribution in [3.05, 3.63) is 48.3 Å². The fourth-order valence-corrected chi connectivity index (χ4v) is 3.29. The summed E-state index contributed by atoms with van der Waals surface area (Å²) in [7, 11) is 0. The molecule has 1 saturated carbocycles. The number of carbonyl (C=O) groups is 1. The van der Waals surface area contributed by atoms with E-state index in [0.717, 1.165) is 43.8 Å². The van der Waals surface area contributed by atoms with Crippen molar-refractivity contribution >= 4 is 5.91 Å². The molecule has 1 aliphatic heterocycles. The highest BCUT2D eigenvalue weighted by Gasteiger charge is 2.32. The Morgan fingerprint density at radius 3 is 2.96 bits per heavy atom. The molecule has 138 valence electrons. The number of carbonyl (C=O) groups excluding carboxylic acids is 1. The third-order valence-corrected chi connectivity index (χ3v) is 4.93. The number of benzene rings is 1. The Morgan fingerprint density at radius 2 is 2.23 bits per heavy atom. The van der Waals surface area contributed by atoms with Gasteiger partial charge in [0, 0.05) is 37.5 Å². The van der Waals surface area contributed by atoms with Gasteiger partial charge in [-0.1, -0.05) is 12.1 Å². The average Bonchev–Trinajstić information content (AvgIpc) is 3.12. The molecule has 4 rings (SSSR count). The number of nitrogens with zero attached hydrogens (tertiary/aromatic N) is 3. The Bertz CT molecular complexity index is 722. The minimum atomic E-state index is 0.116. The predicted molar refractivity (Wildman–Crippen MR) is 96.7 cm³/mol. The molecule has 0 bridgehead atoms. The maximum atomic E-state index is 12.7. The third-order valence-electron chi connectivity index (χ3n) is 4.93. The van der Waals surface area contributed by atoms with Crippen LogP contribution < -0.4 is 4.74 Å². The van der Waals surface area contributed by atoms with Gasteiger partial charge in [-0.15, -0.1) is 0 Å². The first kappa shape index (κ1) is 17.1. The number of hydrogen-bond donors (Lipinski definition) is 0. The summed E-state index contributed by atoms with van der Waals surface area (Å²) in [5.74, 6) is 1.47. The monoisotopic (exact) mass is 355 g/mol. The Morgan fingerprint density at radius 1 is 1.31 bits per heavy atom. The molecule has 0 N–H and O–H groups in total. The molecule has 1 aliphatic carbocycles. The zero-order chi connectivity index (χ0) is 17.8. The van der Waals surface area contributed by atoms with Crippen molar-refractivity contribution in [2.24, 2.45) is 5.92 Å². The highest BCUT2D eigenvalue weighted by atomic mass is 16.5. The Kier molecular flexibility index (Phi) is 5.20. The molecule has 6 heteroatoms. The minimum Gasteiger partial charge on any atom is -0.493 e. The number of amides is 1. The van der Waals surface area contributed by atoms with Crippen LogP contribution in [0, 0.1) is 5.92 Å². The highest BCUT2D eigenvalue weighted by molar-refractivity contribution is 5.76. The molecular formula is C20H25N3O3. The number of hydrogen-bond acceptors (Lipinski definition) is 4. The molecular weight excluding hydrogens is 330 g/mol. The van der Waals surface area contributed by atoms with Gasteiger partial charge in [0.25, 0.3) is 0 Å². The van der Waals surface area contributed by atoms with E-state index in [9.17, 15) is 4.79 Å². The Balaban J connectivity index is 1.37.